The Hall–Kier alpha value is -2.14. The van der Waals surface area contributed by atoms with Crippen LogP contribution in [0.5, 0.6) is 5.75 Å². The Balaban J connectivity index is 2.40. The van der Waals surface area contributed by atoms with Crippen LogP contribution in [-0.2, 0) is 10.1 Å². The molecule has 0 amide bonds. The molecule has 0 N–H and O–H groups in total. The number of rotatable bonds is 4. The number of benzene rings is 2. The molecule has 0 fully saturated rings. The van der Waals surface area contributed by atoms with Crippen molar-refractivity contribution in [3.8, 4) is 5.75 Å². The van der Waals surface area contributed by atoms with Crippen LogP contribution >= 0.6 is 0 Å². The predicted octanol–water partition coefficient (Wildman–Crippen LogP) is 3.27. The molecule has 21 heavy (non-hydrogen) atoms. The van der Waals surface area contributed by atoms with Gasteiger partial charge in [-0.1, -0.05) is 24.3 Å². The zero-order chi connectivity index (χ0) is 15.6. The van der Waals surface area contributed by atoms with Crippen molar-refractivity contribution in [2.75, 3.05) is 0 Å². The fraction of sp³-hybridized carbons (Fsp3) is 0.188. The molecule has 4 nitrogen and oxygen atoms in total. The van der Waals surface area contributed by atoms with E-state index < -0.39 is 10.1 Å². The standard InChI is InChI=1S/C16H16O4S/c1-11-7-8-12(2)16(9-11)21(18,19)20-15-6-4-5-14(10-15)13(3)17/h4-10H,1-3H3. The SMILES string of the molecule is CC(=O)c1cccc(OS(=O)(=O)c2cc(C)ccc2C)c1. The zero-order valence-corrected chi connectivity index (χ0v) is 12.9. The van der Waals surface area contributed by atoms with Gasteiger partial charge >= 0.3 is 10.1 Å². The molecule has 0 saturated carbocycles. The normalized spacial score (nSPS) is 11.2. The maximum Gasteiger partial charge on any atom is 0.339 e. The first-order valence-electron chi connectivity index (χ1n) is 6.42. The second-order valence-corrected chi connectivity index (χ2v) is 6.41. The van der Waals surface area contributed by atoms with Gasteiger partial charge in [0.15, 0.2) is 5.78 Å². The highest BCUT2D eigenvalue weighted by Gasteiger charge is 2.19. The van der Waals surface area contributed by atoms with Crippen LogP contribution in [0.15, 0.2) is 47.4 Å². The number of carbonyl (C=O) groups excluding carboxylic acids is 1. The number of carbonyl (C=O) groups is 1. The molecule has 0 bridgehead atoms. The summed E-state index contributed by atoms with van der Waals surface area (Å²) < 4.78 is 29.8. The van der Waals surface area contributed by atoms with E-state index in [-0.39, 0.29) is 16.4 Å². The summed E-state index contributed by atoms with van der Waals surface area (Å²) in [5.74, 6) is -0.0202. The summed E-state index contributed by atoms with van der Waals surface area (Å²) in [6.45, 7) is 4.94. The Morgan fingerprint density at radius 1 is 1.05 bits per heavy atom. The van der Waals surface area contributed by atoms with Gasteiger partial charge in [0.2, 0.25) is 0 Å². The van der Waals surface area contributed by atoms with Crippen LogP contribution in [0.4, 0.5) is 0 Å². The molecule has 2 aromatic rings. The maximum absolute atomic E-state index is 12.3. The van der Waals surface area contributed by atoms with Crippen LogP contribution in [0, 0.1) is 13.8 Å². The molecule has 0 spiro atoms. The van der Waals surface area contributed by atoms with Gasteiger partial charge in [0.1, 0.15) is 10.6 Å². The lowest BCUT2D eigenvalue weighted by atomic mass is 10.1. The smallest absolute Gasteiger partial charge is 0.339 e. The molecular formula is C16H16O4S. The highest BCUT2D eigenvalue weighted by molar-refractivity contribution is 7.87. The van der Waals surface area contributed by atoms with Gasteiger partial charge in [0.05, 0.1) is 0 Å². The van der Waals surface area contributed by atoms with Gasteiger partial charge in [-0.15, -0.1) is 0 Å². The first-order valence-corrected chi connectivity index (χ1v) is 7.83. The van der Waals surface area contributed by atoms with E-state index >= 15 is 0 Å². The number of hydrogen-bond donors (Lipinski definition) is 0. The lowest BCUT2D eigenvalue weighted by Gasteiger charge is -2.10. The van der Waals surface area contributed by atoms with Gasteiger partial charge < -0.3 is 4.18 Å². The van der Waals surface area contributed by atoms with Gasteiger partial charge in [0, 0.05) is 5.56 Å². The van der Waals surface area contributed by atoms with Crippen LogP contribution in [0.25, 0.3) is 0 Å². The summed E-state index contributed by atoms with van der Waals surface area (Å²) in [4.78, 5) is 11.5. The summed E-state index contributed by atoms with van der Waals surface area (Å²) in [7, 11) is -3.92. The van der Waals surface area contributed by atoms with Crippen molar-refractivity contribution < 1.29 is 17.4 Å². The minimum absolute atomic E-state index is 0.128. The molecule has 110 valence electrons. The summed E-state index contributed by atoms with van der Waals surface area (Å²) in [5.41, 5.74) is 1.85. The molecule has 0 heterocycles. The topological polar surface area (TPSA) is 60.4 Å². The van der Waals surface area contributed by atoms with Crippen LogP contribution < -0.4 is 4.18 Å². The average molecular weight is 304 g/mol. The van der Waals surface area contributed by atoms with E-state index in [0.29, 0.717) is 11.1 Å². The van der Waals surface area contributed by atoms with Gasteiger partial charge in [-0.3, -0.25) is 4.79 Å². The van der Waals surface area contributed by atoms with Crippen LogP contribution in [0.1, 0.15) is 28.4 Å². The Kier molecular flexibility index (Phi) is 4.14. The fourth-order valence-electron chi connectivity index (χ4n) is 1.92. The van der Waals surface area contributed by atoms with Crippen molar-refractivity contribution >= 4 is 15.9 Å². The summed E-state index contributed by atoms with van der Waals surface area (Å²) in [6, 6.07) is 11.3. The first-order chi connectivity index (χ1) is 9.79. The quantitative estimate of drug-likeness (QED) is 0.642. The van der Waals surface area contributed by atoms with Crippen molar-refractivity contribution in [3.63, 3.8) is 0 Å². The number of Topliss-reactive ketones (excluding diaryl/α,β-unsaturated/α-hetero) is 1. The van der Waals surface area contributed by atoms with Crippen LogP contribution in [0.2, 0.25) is 0 Å². The Morgan fingerprint density at radius 3 is 2.43 bits per heavy atom. The monoisotopic (exact) mass is 304 g/mol. The number of hydrogen-bond acceptors (Lipinski definition) is 4. The van der Waals surface area contributed by atoms with E-state index in [4.69, 9.17) is 4.18 Å². The molecule has 0 aliphatic heterocycles. The highest BCUT2D eigenvalue weighted by Crippen LogP contribution is 2.23. The predicted molar refractivity (Wildman–Crippen MR) is 80.2 cm³/mol. The van der Waals surface area contributed by atoms with E-state index in [1.165, 1.54) is 19.1 Å². The first kappa shape index (κ1) is 15.3. The summed E-state index contributed by atoms with van der Waals surface area (Å²) >= 11 is 0. The van der Waals surface area contributed by atoms with E-state index in [2.05, 4.69) is 0 Å². The van der Waals surface area contributed by atoms with Crippen molar-refractivity contribution in [3.05, 3.63) is 59.2 Å². The summed E-state index contributed by atoms with van der Waals surface area (Å²) in [6.07, 6.45) is 0. The van der Waals surface area contributed by atoms with Crippen LogP contribution in [-0.4, -0.2) is 14.2 Å². The van der Waals surface area contributed by atoms with E-state index in [0.717, 1.165) is 5.56 Å². The molecule has 0 aliphatic rings. The third-order valence-electron chi connectivity index (χ3n) is 3.06. The summed E-state index contributed by atoms with van der Waals surface area (Å²) in [5, 5.41) is 0. The van der Waals surface area contributed by atoms with Crippen molar-refractivity contribution in [2.45, 2.75) is 25.7 Å². The average Bonchev–Trinajstić information content (AvgIpc) is 2.41. The minimum atomic E-state index is -3.92. The number of aryl methyl sites for hydroxylation is 2. The van der Waals surface area contributed by atoms with Crippen LogP contribution in [0.3, 0.4) is 0 Å². The molecule has 2 aromatic carbocycles. The highest BCUT2D eigenvalue weighted by atomic mass is 32.2. The zero-order valence-electron chi connectivity index (χ0n) is 12.1. The fourth-order valence-corrected chi connectivity index (χ4v) is 3.15. The van der Waals surface area contributed by atoms with Crippen molar-refractivity contribution in [1.29, 1.82) is 0 Å². The molecule has 0 aromatic heterocycles. The van der Waals surface area contributed by atoms with Gasteiger partial charge in [-0.25, -0.2) is 0 Å². The molecule has 0 aliphatic carbocycles. The minimum Gasteiger partial charge on any atom is -0.379 e. The Bertz CT molecular complexity index is 792. The number of ketones is 1. The third kappa shape index (κ3) is 3.49. The van der Waals surface area contributed by atoms with E-state index in [1.54, 1.807) is 31.2 Å². The molecule has 0 radical (unpaired) electrons. The molecule has 0 atom stereocenters. The van der Waals surface area contributed by atoms with Crippen molar-refractivity contribution in [1.82, 2.24) is 0 Å². The lowest BCUT2D eigenvalue weighted by Crippen LogP contribution is -2.12. The van der Waals surface area contributed by atoms with Gasteiger partial charge in [-0.05, 0) is 50.1 Å². The van der Waals surface area contributed by atoms with E-state index in [1.807, 2.05) is 13.0 Å². The largest absolute Gasteiger partial charge is 0.379 e. The van der Waals surface area contributed by atoms with Gasteiger partial charge in [0.25, 0.3) is 0 Å². The molecule has 0 unspecified atom stereocenters. The second kappa shape index (κ2) is 5.69. The van der Waals surface area contributed by atoms with Gasteiger partial charge in [-0.2, -0.15) is 8.42 Å². The molecule has 0 saturated heterocycles. The van der Waals surface area contributed by atoms with Crippen molar-refractivity contribution in [2.24, 2.45) is 0 Å². The Labute approximate surface area is 124 Å². The lowest BCUT2D eigenvalue weighted by molar-refractivity contribution is 0.101. The Morgan fingerprint density at radius 2 is 1.76 bits per heavy atom. The third-order valence-corrected chi connectivity index (χ3v) is 4.45. The second-order valence-electron chi connectivity index (χ2n) is 4.89. The van der Waals surface area contributed by atoms with E-state index in [9.17, 15) is 13.2 Å². The molecule has 5 heteroatoms. The molecule has 2 rings (SSSR count). The maximum atomic E-state index is 12.3. The molecular weight excluding hydrogens is 288 g/mol.